The second kappa shape index (κ2) is 3.78. The van der Waals surface area contributed by atoms with Crippen LogP contribution in [0.1, 0.15) is 32.1 Å². The summed E-state index contributed by atoms with van der Waals surface area (Å²) in [7, 11) is 1.62. The summed E-state index contributed by atoms with van der Waals surface area (Å²) in [5, 5.41) is 22.9. The molecule has 1 spiro atoms. The summed E-state index contributed by atoms with van der Waals surface area (Å²) in [6.45, 7) is 0.0390. The second-order valence-corrected chi connectivity index (χ2v) is 7.75. The van der Waals surface area contributed by atoms with Crippen LogP contribution in [-0.2, 0) is 4.79 Å². The van der Waals surface area contributed by atoms with Crippen molar-refractivity contribution in [3.05, 3.63) is 0 Å². The molecule has 4 bridgehead atoms. The third-order valence-electron chi connectivity index (χ3n) is 6.50. The molecule has 0 radical (unpaired) electrons. The Morgan fingerprint density at radius 2 is 2.05 bits per heavy atom. The molecule has 1 amide bonds. The minimum atomic E-state index is -1.12. The maximum Gasteiger partial charge on any atom is 0.258 e. The van der Waals surface area contributed by atoms with Gasteiger partial charge in [-0.2, -0.15) is 5.26 Å². The lowest BCUT2D eigenvalue weighted by Crippen LogP contribution is -2.94. The molecule has 5 rings (SSSR count). The largest absolute Gasteiger partial charge is 0.388 e. The van der Waals surface area contributed by atoms with E-state index in [1.165, 1.54) is 4.90 Å². The third-order valence-corrected chi connectivity index (χ3v) is 6.50. The van der Waals surface area contributed by atoms with E-state index in [0.717, 1.165) is 32.1 Å². The molecule has 6 nitrogen and oxygen atoms in total. The Labute approximate surface area is 124 Å². The van der Waals surface area contributed by atoms with E-state index in [-0.39, 0.29) is 23.9 Å². The zero-order valence-electron chi connectivity index (χ0n) is 12.3. The van der Waals surface area contributed by atoms with Gasteiger partial charge in [-0.25, -0.2) is 0 Å². The molecule has 6 heteroatoms. The molecular formula is C15H22N4O2. The van der Waals surface area contributed by atoms with Crippen molar-refractivity contribution in [3.8, 4) is 6.07 Å². The lowest BCUT2D eigenvalue weighted by atomic mass is 9.38. The Morgan fingerprint density at radius 1 is 1.43 bits per heavy atom. The highest BCUT2D eigenvalue weighted by atomic mass is 16.3. The molecule has 1 aliphatic heterocycles. The highest BCUT2D eigenvalue weighted by Crippen LogP contribution is 2.68. The molecular weight excluding hydrogens is 268 g/mol. The number of nitriles is 1. The van der Waals surface area contributed by atoms with Gasteiger partial charge in [0.1, 0.15) is 6.54 Å². The van der Waals surface area contributed by atoms with Gasteiger partial charge in [-0.3, -0.25) is 10.1 Å². The topological polar surface area (TPSA) is 102 Å². The molecule has 5 fully saturated rings. The van der Waals surface area contributed by atoms with Gasteiger partial charge in [-0.1, -0.05) is 0 Å². The standard InChI is InChI=1S/C15H22N4O2/c1-19(3-2-16)12(20)15(17)13-5-9-4-10(6-13)8-14(21,7-9)11(13)18-15/h9-11,18,21H,3-8,17H2,1H3. The quantitative estimate of drug-likeness (QED) is 0.597. The number of carbonyl (C=O) groups is 1. The molecule has 4 N–H and O–H groups in total. The van der Waals surface area contributed by atoms with Gasteiger partial charge >= 0.3 is 0 Å². The lowest BCUT2D eigenvalue weighted by molar-refractivity contribution is -0.269. The lowest BCUT2D eigenvalue weighted by Gasteiger charge is -2.76. The van der Waals surface area contributed by atoms with Crippen LogP contribution in [0, 0.1) is 28.6 Å². The van der Waals surface area contributed by atoms with Crippen LogP contribution < -0.4 is 11.1 Å². The SMILES string of the molecule is CN(CC#N)C(=O)C1(N)NC2C3(O)CC4CC(C3)CC21C4. The molecule has 4 atom stereocenters. The van der Waals surface area contributed by atoms with Crippen molar-refractivity contribution in [1.82, 2.24) is 10.2 Å². The molecule has 114 valence electrons. The number of aliphatic hydroxyl groups is 1. The number of nitrogens with zero attached hydrogens (tertiary/aromatic N) is 2. The van der Waals surface area contributed by atoms with Gasteiger partial charge < -0.3 is 15.7 Å². The first-order valence-electron chi connectivity index (χ1n) is 7.76. The summed E-state index contributed by atoms with van der Waals surface area (Å²) in [6.07, 6.45) is 4.68. The normalized spacial score (nSPS) is 52.8. The molecule has 1 heterocycles. The van der Waals surface area contributed by atoms with Crippen molar-refractivity contribution < 1.29 is 9.90 Å². The zero-order valence-corrected chi connectivity index (χ0v) is 12.3. The van der Waals surface area contributed by atoms with Gasteiger partial charge in [0, 0.05) is 18.5 Å². The number of carbonyl (C=O) groups excluding carboxylic acids is 1. The first-order valence-corrected chi connectivity index (χ1v) is 7.76. The minimum absolute atomic E-state index is 0.0390. The van der Waals surface area contributed by atoms with Gasteiger partial charge in [0.25, 0.3) is 5.91 Å². The van der Waals surface area contributed by atoms with Gasteiger partial charge in [0.2, 0.25) is 0 Å². The summed E-state index contributed by atoms with van der Waals surface area (Å²) < 4.78 is 0. The summed E-state index contributed by atoms with van der Waals surface area (Å²) in [6, 6.07) is 1.92. The molecule has 1 saturated heterocycles. The number of rotatable bonds is 2. The molecule has 5 aliphatic rings. The van der Waals surface area contributed by atoms with Gasteiger partial charge in [0.15, 0.2) is 5.66 Å². The predicted molar refractivity (Wildman–Crippen MR) is 74.5 cm³/mol. The first kappa shape index (κ1) is 13.5. The van der Waals surface area contributed by atoms with E-state index in [1.807, 2.05) is 6.07 Å². The van der Waals surface area contributed by atoms with Crippen LogP contribution in [0.25, 0.3) is 0 Å². The summed E-state index contributed by atoms with van der Waals surface area (Å²) >= 11 is 0. The van der Waals surface area contributed by atoms with Crippen LogP contribution >= 0.6 is 0 Å². The maximum absolute atomic E-state index is 12.7. The van der Waals surface area contributed by atoms with Crippen molar-refractivity contribution >= 4 is 5.91 Å². The smallest absolute Gasteiger partial charge is 0.258 e. The number of nitrogens with one attached hydrogen (secondary N) is 1. The highest BCUT2D eigenvalue weighted by Gasteiger charge is 2.78. The Bertz CT molecular complexity index is 542. The fourth-order valence-corrected chi connectivity index (χ4v) is 6.00. The van der Waals surface area contributed by atoms with Crippen LogP contribution in [0.15, 0.2) is 0 Å². The van der Waals surface area contributed by atoms with Crippen LogP contribution in [0.4, 0.5) is 0 Å². The second-order valence-electron chi connectivity index (χ2n) is 7.75. The van der Waals surface area contributed by atoms with E-state index in [9.17, 15) is 9.90 Å². The fourth-order valence-electron chi connectivity index (χ4n) is 6.00. The Kier molecular flexibility index (Phi) is 2.43. The van der Waals surface area contributed by atoms with Gasteiger partial charge in [-0.15, -0.1) is 0 Å². The van der Waals surface area contributed by atoms with Crippen LogP contribution in [-0.4, -0.2) is 46.8 Å². The molecule has 4 saturated carbocycles. The van der Waals surface area contributed by atoms with E-state index in [4.69, 9.17) is 11.0 Å². The predicted octanol–water partition coefficient (Wildman–Crippen LogP) is -0.464. The zero-order chi connectivity index (χ0) is 15.0. The van der Waals surface area contributed by atoms with Crippen molar-refractivity contribution in [2.75, 3.05) is 13.6 Å². The maximum atomic E-state index is 12.7. The van der Waals surface area contributed by atoms with Crippen LogP contribution in [0.3, 0.4) is 0 Å². The highest BCUT2D eigenvalue weighted by molar-refractivity contribution is 5.89. The van der Waals surface area contributed by atoms with E-state index < -0.39 is 11.3 Å². The van der Waals surface area contributed by atoms with Crippen molar-refractivity contribution in [1.29, 1.82) is 5.26 Å². The molecule has 0 aromatic rings. The average molecular weight is 290 g/mol. The first-order chi connectivity index (χ1) is 9.84. The minimum Gasteiger partial charge on any atom is -0.388 e. The van der Waals surface area contributed by atoms with Crippen LogP contribution in [0.5, 0.6) is 0 Å². The monoisotopic (exact) mass is 290 g/mol. The van der Waals surface area contributed by atoms with E-state index >= 15 is 0 Å². The molecule has 4 aliphatic carbocycles. The average Bonchev–Trinajstić information content (AvgIpc) is 2.41. The van der Waals surface area contributed by atoms with E-state index in [2.05, 4.69) is 5.32 Å². The number of nitrogens with two attached hydrogens (primary N) is 1. The molecule has 0 aromatic carbocycles. The Morgan fingerprint density at radius 3 is 2.62 bits per heavy atom. The summed E-state index contributed by atoms with van der Waals surface area (Å²) in [4.78, 5) is 14.1. The number of amides is 1. The van der Waals surface area contributed by atoms with Crippen molar-refractivity contribution in [3.63, 3.8) is 0 Å². The van der Waals surface area contributed by atoms with E-state index in [1.54, 1.807) is 7.05 Å². The Hall–Kier alpha value is -1.16. The molecule has 21 heavy (non-hydrogen) atoms. The molecule has 4 unspecified atom stereocenters. The van der Waals surface area contributed by atoms with E-state index in [0.29, 0.717) is 11.8 Å². The molecule has 0 aromatic heterocycles. The summed E-state index contributed by atoms with van der Waals surface area (Å²) in [5.74, 6) is 0.751. The Balaban J connectivity index is 1.69. The number of hydrogen-bond acceptors (Lipinski definition) is 5. The van der Waals surface area contributed by atoms with Gasteiger partial charge in [0.05, 0.1) is 11.7 Å². The third kappa shape index (κ3) is 1.40. The van der Waals surface area contributed by atoms with Crippen molar-refractivity contribution in [2.45, 2.75) is 49.4 Å². The number of likely N-dealkylation sites (N-methyl/N-ethyl adjacent to an activating group) is 1. The van der Waals surface area contributed by atoms with Crippen molar-refractivity contribution in [2.24, 2.45) is 23.0 Å². The summed E-state index contributed by atoms with van der Waals surface area (Å²) in [5.41, 5.74) is 4.36. The van der Waals surface area contributed by atoms with Gasteiger partial charge in [-0.05, 0) is 43.9 Å². The van der Waals surface area contributed by atoms with Crippen LogP contribution in [0.2, 0.25) is 0 Å². The fraction of sp³-hybridized carbons (Fsp3) is 0.867. The number of hydrogen-bond donors (Lipinski definition) is 3.